The van der Waals surface area contributed by atoms with E-state index >= 15 is 0 Å². The van der Waals surface area contributed by atoms with E-state index in [1.165, 1.54) is 11.3 Å². The number of nitrogen functional groups attached to an aromatic ring is 1. The van der Waals surface area contributed by atoms with Crippen LogP contribution in [-0.2, 0) is 0 Å². The average Bonchev–Trinajstić information content (AvgIpc) is 3.01. The number of carbonyl (C=O) groups is 1. The van der Waals surface area contributed by atoms with E-state index in [1.807, 2.05) is 6.92 Å². The molecule has 1 atom stereocenters. The molecule has 2 rings (SSSR count). The van der Waals surface area contributed by atoms with Gasteiger partial charge in [0.25, 0.3) is 5.91 Å². The molecule has 1 aromatic rings. The number of rotatable bonds is 4. The largest absolute Gasteiger partial charge is 0.382 e. The van der Waals surface area contributed by atoms with Gasteiger partial charge in [0.15, 0.2) is 5.13 Å². The summed E-state index contributed by atoms with van der Waals surface area (Å²) in [6, 6.07) is 0.160. The molecule has 6 nitrogen and oxygen atoms in total. The van der Waals surface area contributed by atoms with Crippen LogP contribution in [0.2, 0.25) is 0 Å². The molecule has 0 bridgehead atoms. The van der Waals surface area contributed by atoms with Crippen LogP contribution in [0.25, 0.3) is 0 Å². The van der Waals surface area contributed by atoms with Crippen molar-refractivity contribution in [3.63, 3.8) is 0 Å². The Morgan fingerprint density at radius 2 is 2.45 bits per heavy atom. The molecule has 1 aromatic heterocycles. The standard InChI is InChI=1S/C13H19N5OS/c1-3-6-17(4-2)12(19)10-11(15)16-13(20-10)18-7-5-9(14)8-18/h1,9H,4-8,14-15H2,2H3. The van der Waals surface area contributed by atoms with Gasteiger partial charge >= 0.3 is 0 Å². The van der Waals surface area contributed by atoms with Crippen LogP contribution in [0.4, 0.5) is 10.9 Å². The first-order chi connectivity index (χ1) is 9.56. The SMILES string of the molecule is C#CCN(CC)C(=O)c1sc(N2CCC(N)C2)nc1N. The van der Waals surface area contributed by atoms with Gasteiger partial charge in [0, 0.05) is 25.7 Å². The van der Waals surface area contributed by atoms with Crippen molar-refractivity contribution in [1.82, 2.24) is 9.88 Å². The van der Waals surface area contributed by atoms with Crippen molar-refractivity contribution in [1.29, 1.82) is 0 Å². The molecule has 1 amide bonds. The molecule has 2 heterocycles. The first kappa shape index (κ1) is 14.6. The van der Waals surface area contributed by atoms with Crippen LogP contribution in [0.3, 0.4) is 0 Å². The van der Waals surface area contributed by atoms with Crippen LogP contribution in [0, 0.1) is 12.3 Å². The minimum absolute atomic E-state index is 0.157. The highest BCUT2D eigenvalue weighted by molar-refractivity contribution is 7.18. The average molecular weight is 293 g/mol. The third-order valence-electron chi connectivity index (χ3n) is 3.28. The first-order valence-corrected chi connectivity index (χ1v) is 7.38. The molecule has 0 radical (unpaired) electrons. The lowest BCUT2D eigenvalue weighted by atomic mass is 10.3. The van der Waals surface area contributed by atoms with E-state index in [-0.39, 0.29) is 24.3 Å². The third kappa shape index (κ3) is 2.86. The zero-order valence-electron chi connectivity index (χ0n) is 11.5. The topological polar surface area (TPSA) is 88.5 Å². The number of aromatic nitrogens is 1. The van der Waals surface area contributed by atoms with Gasteiger partial charge < -0.3 is 21.3 Å². The number of amides is 1. The Morgan fingerprint density at radius 3 is 3.00 bits per heavy atom. The summed E-state index contributed by atoms with van der Waals surface area (Å²) >= 11 is 1.31. The van der Waals surface area contributed by atoms with Crippen molar-refractivity contribution in [3.8, 4) is 12.3 Å². The quantitative estimate of drug-likeness (QED) is 0.782. The molecule has 1 fully saturated rings. The maximum atomic E-state index is 12.4. The second-order valence-corrected chi connectivity index (χ2v) is 5.71. The second kappa shape index (κ2) is 6.11. The Bertz CT molecular complexity index is 535. The van der Waals surface area contributed by atoms with E-state index in [9.17, 15) is 4.79 Å². The number of terminal acetylenes is 1. The van der Waals surface area contributed by atoms with Crippen molar-refractivity contribution >= 4 is 28.2 Å². The fourth-order valence-corrected chi connectivity index (χ4v) is 3.14. The van der Waals surface area contributed by atoms with E-state index in [1.54, 1.807) is 4.90 Å². The van der Waals surface area contributed by atoms with Crippen LogP contribution in [0.5, 0.6) is 0 Å². The summed E-state index contributed by atoms with van der Waals surface area (Å²) in [5.74, 6) is 2.59. The maximum absolute atomic E-state index is 12.4. The number of anilines is 2. The van der Waals surface area contributed by atoms with Crippen LogP contribution < -0.4 is 16.4 Å². The molecule has 0 spiro atoms. The summed E-state index contributed by atoms with van der Waals surface area (Å²) in [5, 5.41) is 0.760. The Morgan fingerprint density at radius 1 is 1.70 bits per heavy atom. The lowest BCUT2D eigenvalue weighted by Crippen LogP contribution is -2.31. The van der Waals surface area contributed by atoms with Crippen molar-refractivity contribution < 1.29 is 4.79 Å². The molecule has 1 unspecified atom stereocenters. The van der Waals surface area contributed by atoms with Crippen molar-refractivity contribution in [2.45, 2.75) is 19.4 Å². The van der Waals surface area contributed by atoms with Gasteiger partial charge in [-0.3, -0.25) is 4.79 Å². The zero-order valence-corrected chi connectivity index (χ0v) is 12.3. The van der Waals surface area contributed by atoms with Gasteiger partial charge in [0.2, 0.25) is 0 Å². The third-order valence-corrected chi connectivity index (χ3v) is 4.40. The van der Waals surface area contributed by atoms with Gasteiger partial charge in [-0.2, -0.15) is 0 Å². The zero-order chi connectivity index (χ0) is 14.7. The monoisotopic (exact) mass is 293 g/mol. The summed E-state index contributed by atoms with van der Waals surface area (Å²) in [5.41, 5.74) is 11.8. The molecule has 1 aliphatic heterocycles. The number of carbonyl (C=O) groups excluding carboxylic acids is 1. The molecule has 20 heavy (non-hydrogen) atoms. The molecule has 0 aliphatic carbocycles. The Balaban J connectivity index is 2.19. The number of nitrogens with zero attached hydrogens (tertiary/aromatic N) is 3. The smallest absolute Gasteiger partial charge is 0.268 e. The highest BCUT2D eigenvalue weighted by atomic mass is 32.1. The van der Waals surface area contributed by atoms with E-state index in [0.29, 0.717) is 11.4 Å². The molecule has 4 N–H and O–H groups in total. The van der Waals surface area contributed by atoms with E-state index < -0.39 is 0 Å². The fraction of sp³-hybridized carbons (Fsp3) is 0.538. The number of thiazole rings is 1. The normalized spacial score (nSPS) is 18.1. The van der Waals surface area contributed by atoms with E-state index in [2.05, 4.69) is 15.8 Å². The molecule has 1 saturated heterocycles. The summed E-state index contributed by atoms with van der Waals surface area (Å²) < 4.78 is 0. The van der Waals surface area contributed by atoms with Gasteiger partial charge in [-0.25, -0.2) is 4.98 Å². The van der Waals surface area contributed by atoms with E-state index in [4.69, 9.17) is 17.9 Å². The van der Waals surface area contributed by atoms with Crippen LogP contribution >= 0.6 is 11.3 Å². The van der Waals surface area contributed by atoms with Crippen LogP contribution in [0.15, 0.2) is 0 Å². The van der Waals surface area contributed by atoms with Crippen LogP contribution in [-0.4, -0.2) is 48.0 Å². The molecule has 7 heteroatoms. The summed E-state index contributed by atoms with van der Waals surface area (Å²) in [6.45, 7) is 4.31. The van der Waals surface area contributed by atoms with Gasteiger partial charge in [-0.15, -0.1) is 6.42 Å². The minimum Gasteiger partial charge on any atom is -0.382 e. The maximum Gasteiger partial charge on any atom is 0.268 e. The lowest BCUT2D eigenvalue weighted by Gasteiger charge is -2.16. The highest BCUT2D eigenvalue weighted by Gasteiger charge is 2.26. The predicted molar refractivity (Wildman–Crippen MR) is 81.7 cm³/mol. The van der Waals surface area contributed by atoms with Gasteiger partial charge in [0.05, 0.1) is 6.54 Å². The van der Waals surface area contributed by atoms with Crippen molar-refractivity contribution in [2.75, 3.05) is 36.8 Å². The number of hydrogen-bond acceptors (Lipinski definition) is 6. The van der Waals surface area contributed by atoms with E-state index in [0.717, 1.165) is 24.6 Å². The van der Waals surface area contributed by atoms with Gasteiger partial charge in [-0.1, -0.05) is 17.3 Å². The fourth-order valence-electron chi connectivity index (χ4n) is 2.15. The molecule has 1 aliphatic rings. The highest BCUT2D eigenvalue weighted by Crippen LogP contribution is 2.31. The van der Waals surface area contributed by atoms with Crippen LogP contribution in [0.1, 0.15) is 23.0 Å². The molecular formula is C13H19N5OS. The predicted octanol–water partition coefficient (Wildman–Crippen LogP) is 0.358. The Hall–Kier alpha value is -1.78. The van der Waals surface area contributed by atoms with Crippen molar-refractivity contribution in [3.05, 3.63) is 4.88 Å². The number of hydrogen-bond donors (Lipinski definition) is 2. The minimum atomic E-state index is -0.157. The lowest BCUT2D eigenvalue weighted by molar-refractivity contribution is 0.0790. The van der Waals surface area contributed by atoms with Crippen molar-refractivity contribution in [2.24, 2.45) is 5.73 Å². The molecule has 108 valence electrons. The Kier molecular flexibility index (Phi) is 4.47. The molecular weight excluding hydrogens is 274 g/mol. The molecule has 0 saturated carbocycles. The summed E-state index contributed by atoms with van der Waals surface area (Å²) in [4.78, 5) is 20.7. The Labute approximate surface area is 122 Å². The first-order valence-electron chi connectivity index (χ1n) is 6.56. The second-order valence-electron chi connectivity index (χ2n) is 4.73. The number of nitrogens with two attached hydrogens (primary N) is 2. The summed E-state index contributed by atoms with van der Waals surface area (Å²) in [6.07, 6.45) is 6.20. The molecule has 0 aromatic carbocycles. The van der Waals surface area contributed by atoms with Gasteiger partial charge in [-0.05, 0) is 13.3 Å². The van der Waals surface area contributed by atoms with Gasteiger partial charge in [0.1, 0.15) is 10.7 Å². The summed E-state index contributed by atoms with van der Waals surface area (Å²) in [7, 11) is 0.